The van der Waals surface area contributed by atoms with Gasteiger partial charge in [0, 0.05) is 26.1 Å². The first kappa shape index (κ1) is 15.0. The summed E-state index contributed by atoms with van der Waals surface area (Å²) in [6.45, 7) is 4.53. The summed E-state index contributed by atoms with van der Waals surface area (Å²) in [5.41, 5.74) is 8.28. The average Bonchev–Trinajstić information content (AvgIpc) is 2.52. The van der Waals surface area contributed by atoms with E-state index in [1.807, 2.05) is 4.90 Å². The van der Waals surface area contributed by atoms with Crippen LogP contribution in [0.4, 0.5) is 0 Å². The van der Waals surface area contributed by atoms with Crippen LogP contribution in [0, 0.1) is 0 Å². The third-order valence-electron chi connectivity index (χ3n) is 4.25. The summed E-state index contributed by atoms with van der Waals surface area (Å²) in [6, 6.07) is 8.58. The minimum Gasteiger partial charge on any atom is -0.343 e. The lowest BCUT2D eigenvalue weighted by molar-refractivity contribution is -0.132. The Labute approximate surface area is 122 Å². The number of piperidine rings is 1. The van der Waals surface area contributed by atoms with Crippen molar-refractivity contribution in [2.45, 2.75) is 51.5 Å². The highest BCUT2D eigenvalue weighted by molar-refractivity contribution is 5.76. The molecule has 1 saturated heterocycles. The first-order valence-corrected chi connectivity index (χ1v) is 7.81. The van der Waals surface area contributed by atoms with Crippen LogP contribution in [-0.4, -0.2) is 23.9 Å². The molecule has 0 unspecified atom stereocenters. The number of hydrogen-bond acceptors (Lipinski definition) is 2. The Kier molecular flexibility index (Phi) is 5.60. The zero-order valence-electron chi connectivity index (χ0n) is 12.5. The Hall–Kier alpha value is -1.35. The first-order chi connectivity index (χ1) is 9.74. The molecule has 1 aliphatic rings. The minimum absolute atomic E-state index is 0.334. The second-order valence-corrected chi connectivity index (χ2v) is 5.71. The number of amides is 1. The monoisotopic (exact) mass is 274 g/mol. The Bertz CT molecular complexity index is 436. The van der Waals surface area contributed by atoms with E-state index in [0.717, 1.165) is 38.8 Å². The van der Waals surface area contributed by atoms with Crippen LogP contribution in [0.3, 0.4) is 0 Å². The van der Waals surface area contributed by atoms with Crippen LogP contribution in [0.1, 0.15) is 56.1 Å². The van der Waals surface area contributed by atoms with Gasteiger partial charge in [-0.15, -0.1) is 0 Å². The highest BCUT2D eigenvalue weighted by atomic mass is 16.2. The van der Waals surface area contributed by atoms with Crippen LogP contribution in [0.5, 0.6) is 0 Å². The molecule has 0 bridgehead atoms. The molecule has 20 heavy (non-hydrogen) atoms. The van der Waals surface area contributed by atoms with E-state index in [9.17, 15) is 4.79 Å². The fourth-order valence-corrected chi connectivity index (χ4v) is 2.92. The predicted octanol–water partition coefficient (Wildman–Crippen LogP) is 3.04. The van der Waals surface area contributed by atoms with Gasteiger partial charge in [-0.3, -0.25) is 4.79 Å². The van der Waals surface area contributed by atoms with E-state index < -0.39 is 0 Å². The van der Waals surface area contributed by atoms with E-state index in [1.165, 1.54) is 11.1 Å². The van der Waals surface area contributed by atoms with Gasteiger partial charge < -0.3 is 10.6 Å². The van der Waals surface area contributed by atoms with Gasteiger partial charge in [0.1, 0.15) is 0 Å². The normalized spacial score (nSPS) is 16.4. The molecule has 1 aromatic carbocycles. The Morgan fingerprint density at radius 2 is 2.10 bits per heavy atom. The molecule has 3 heteroatoms. The third-order valence-corrected chi connectivity index (χ3v) is 4.25. The molecule has 1 aliphatic heterocycles. The molecule has 1 aromatic rings. The van der Waals surface area contributed by atoms with Crippen LogP contribution in [-0.2, 0) is 11.3 Å². The molecule has 1 fully saturated rings. The van der Waals surface area contributed by atoms with E-state index in [-0.39, 0.29) is 0 Å². The molecule has 0 aliphatic carbocycles. The molecule has 0 saturated carbocycles. The van der Waals surface area contributed by atoms with Crippen LogP contribution >= 0.6 is 0 Å². The van der Waals surface area contributed by atoms with Crippen molar-refractivity contribution in [1.82, 2.24) is 4.90 Å². The lowest BCUT2D eigenvalue weighted by atomic mass is 9.88. The standard InChI is InChI=1S/C17H26N2O/c1-2-3-7-17(20)19-10-8-15(9-11-19)16-6-4-5-14(12-16)13-18/h4-6,12,15H,2-3,7-11,13,18H2,1H3. The molecule has 0 radical (unpaired) electrons. The topological polar surface area (TPSA) is 46.3 Å². The second-order valence-electron chi connectivity index (χ2n) is 5.71. The summed E-state index contributed by atoms with van der Waals surface area (Å²) in [5.74, 6) is 0.915. The molecular formula is C17H26N2O. The SMILES string of the molecule is CCCCC(=O)N1CCC(c2cccc(CN)c2)CC1. The summed E-state index contributed by atoms with van der Waals surface area (Å²) >= 11 is 0. The molecule has 2 N–H and O–H groups in total. The number of likely N-dealkylation sites (tertiary alicyclic amines) is 1. The Morgan fingerprint density at radius 1 is 1.35 bits per heavy atom. The highest BCUT2D eigenvalue weighted by Gasteiger charge is 2.23. The van der Waals surface area contributed by atoms with Crippen molar-refractivity contribution in [3.63, 3.8) is 0 Å². The van der Waals surface area contributed by atoms with Gasteiger partial charge >= 0.3 is 0 Å². The van der Waals surface area contributed by atoms with Crippen LogP contribution in [0.15, 0.2) is 24.3 Å². The van der Waals surface area contributed by atoms with E-state index in [4.69, 9.17) is 5.73 Å². The van der Waals surface area contributed by atoms with E-state index in [1.54, 1.807) is 0 Å². The fraction of sp³-hybridized carbons (Fsp3) is 0.588. The maximum atomic E-state index is 12.0. The number of nitrogens with zero attached hydrogens (tertiary/aromatic N) is 1. The number of nitrogens with two attached hydrogens (primary N) is 1. The van der Waals surface area contributed by atoms with Crippen molar-refractivity contribution in [2.24, 2.45) is 5.73 Å². The molecule has 1 heterocycles. The number of unbranched alkanes of at least 4 members (excludes halogenated alkanes) is 1. The second kappa shape index (κ2) is 7.44. The summed E-state index contributed by atoms with van der Waals surface area (Å²) in [5, 5.41) is 0. The summed E-state index contributed by atoms with van der Waals surface area (Å²) in [4.78, 5) is 14.1. The lowest BCUT2D eigenvalue weighted by Gasteiger charge is -2.32. The minimum atomic E-state index is 0.334. The number of carbonyl (C=O) groups excluding carboxylic acids is 1. The Morgan fingerprint density at radius 3 is 2.75 bits per heavy atom. The molecule has 0 aromatic heterocycles. The van der Waals surface area contributed by atoms with Crippen molar-refractivity contribution in [2.75, 3.05) is 13.1 Å². The molecular weight excluding hydrogens is 248 g/mol. The summed E-state index contributed by atoms with van der Waals surface area (Å²) in [7, 11) is 0. The number of benzene rings is 1. The van der Waals surface area contributed by atoms with Gasteiger partial charge in [0.2, 0.25) is 5.91 Å². The van der Waals surface area contributed by atoms with Crippen molar-refractivity contribution >= 4 is 5.91 Å². The molecule has 0 atom stereocenters. The first-order valence-electron chi connectivity index (χ1n) is 7.81. The number of hydrogen-bond donors (Lipinski definition) is 1. The van der Waals surface area contributed by atoms with E-state index in [2.05, 4.69) is 31.2 Å². The van der Waals surface area contributed by atoms with Crippen molar-refractivity contribution in [3.05, 3.63) is 35.4 Å². The maximum absolute atomic E-state index is 12.0. The molecule has 2 rings (SSSR count). The number of carbonyl (C=O) groups is 1. The number of rotatable bonds is 5. The van der Waals surface area contributed by atoms with Gasteiger partial charge in [-0.1, -0.05) is 37.6 Å². The fourth-order valence-electron chi connectivity index (χ4n) is 2.92. The maximum Gasteiger partial charge on any atom is 0.222 e. The van der Waals surface area contributed by atoms with Crippen molar-refractivity contribution < 1.29 is 4.79 Å². The average molecular weight is 274 g/mol. The van der Waals surface area contributed by atoms with E-state index in [0.29, 0.717) is 24.8 Å². The lowest BCUT2D eigenvalue weighted by Crippen LogP contribution is -2.37. The van der Waals surface area contributed by atoms with Gasteiger partial charge in [0.05, 0.1) is 0 Å². The van der Waals surface area contributed by atoms with Crippen LogP contribution < -0.4 is 5.73 Å². The highest BCUT2D eigenvalue weighted by Crippen LogP contribution is 2.28. The molecule has 1 amide bonds. The Balaban J connectivity index is 1.88. The largest absolute Gasteiger partial charge is 0.343 e. The molecule has 110 valence electrons. The van der Waals surface area contributed by atoms with E-state index >= 15 is 0 Å². The zero-order valence-corrected chi connectivity index (χ0v) is 12.5. The van der Waals surface area contributed by atoms with Gasteiger partial charge in [-0.2, -0.15) is 0 Å². The smallest absolute Gasteiger partial charge is 0.222 e. The molecule has 3 nitrogen and oxygen atoms in total. The quantitative estimate of drug-likeness (QED) is 0.897. The zero-order chi connectivity index (χ0) is 14.4. The third kappa shape index (κ3) is 3.83. The summed E-state index contributed by atoms with van der Waals surface area (Å²) < 4.78 is 0. The van der Waals surface area contributed by atoms with Crippen LogP contribution in [0.2, 0.25) is 0 Å². The van der Waals surface area contributed by atoms with Gasteiger partial charge in [-0.05, 0) is 36.3 Å². The van der Waals surface area contributed by atoms with Gasteiger partial charge in [0.25, 0.3) is 0 Å². The van der Waals surface area contributed by atoms with Crippen LogP contribution in [0.25, 0.3) is 0 Å². The van der Waals surface area contributed by atoms with Crippen molar-refractivity contribution in [3.8, 4) is 0 Å². The predicted molar refractivity (Wildman–Crippen MR) is 82.4 cm³/mol. The van der Waals surface area contributed by atoms with Gasteiger partial charge in [0.15, 0.2) is 0 Å². The van der Waals surface area contributed by atoms with Crippen molar-refractivity contribution in [1.29, 1.82) is 0 Å². The van der Waals surface area contributed by atoms with Gasteiger partial charge in [-0.25, -0.2) is 0 Å². The molecule has 0 spiro atoms. The summed E-state index contributed by atoms with van der Waals surface area (Å²) in [6.07, 6.45) is 4.97.